The van der Waals surface area contributed by atoms with Gasteiger partial charge in [-0.25, -0.2) is 0 Å². The summed E-state index contributed by atoms with van der Waals surface area (Å²) in [6.45, 7) is 0.680. The average Bonchev–Trinajstić information content (AvgIpc) is 2.51. The van der Waals surface area contributed by atoms with Crippen molar-refractivity contribution in [2.45, 2.75) is 12.8 Å². The molecule has 1 aromatic rings. The predicted molar refractivity (Wildman–Crippen MR) is 81.5 cm³/mol. The molecule has 0 aliphatic heterocycles. The third-order valence-corrected chi connectivity index (χ3v) is 2.95. The van der Waals surface area contributed by atoms with Crippen molar-refractivity contribution in [1.82, 2.24) is 16.0 Å². The van der Waals surface area contributed by atoms with Crippen LogP contribution in [0.5, 0.6) is 0 Å². The number of hydrogen-bond acceptors (Lipinski definition) is 4. The number of amides is 3. The molecule has 0 aliphatic carbocycles. The number of aliphatic carboxylic acids is 1. The molecule has 1 atom stereocenters. The van der Waals surface area contributed by atoms with E-state index in [-0.39, 0.29) is 25.5 Å². The zero-order valence-corrected chi connectivity index (χ0v) is 12.7. The number of carboxylic acid groups (broad SMARTS) is 1. The SMILES string of the molecule is CC(=O)NCC(=O)NCC(=O)NCC(C(=O)O)c1ccccc1. The molecule has 0 bridgehead atoms. The summed E-state index contributed by atoms with van der Waals surface area (Å²) < 4.78 is 0. The van der Waals surface area contributed by atoms with Crippen molar-refractivity contribution in [3.8, 4) is 0 Å². The summed E-state index contributed by atoms with van der Waals surface area (Å²) in [4.78, 5) is 44.9. The number of carboxylic acids is 1. The van der Waals surface area contributed by atoms with E-state index >= 15 is 0 Å². The Bertz CT molecular complexity index is 574. The standard InChI is InChI=1S/C15H19N3O5/c1-10(19)16-8-13(20)18-9-14(21)17-7-12(15(22)23)11-5-3-2-4-6-11/h2-6,12H,7-9H2,1H3,(H,16,19)(H,17,21)(H,18,20)(H,22,23). The van der Waals surface area contributed by atoms with Crippen molar-refractivity contribution >= 4 is 23.7 Å². The van der Waals surface area contributed by atoms with Gasteiger partial charge in [0.2, 0.25) is 17.7 Å². The van der Waals surface area contributed by atoms with Crippen molar-refractivity contribution < 1.29 is 24.3 Å². The molecule has 1 aromatic carbocycles. The lowest BCUT2D eigenvalue weighted by Gasteiger charge is -2.14. The van der Waals surface area contributed by atoms with Gasteiger partial charge in [0.25, 0.3) is 0 Å². The first-order valence-corrected chi connectivity index (χ1v) is 6.95. The van der Waals surface area contributed by atoms with Crippen molar-refractivity contribution in [2.24, 2.45) is 0 Å². The molecule has 3 amide bonds. The van der Waals surface area contributed by atoms with Gasteiger partial charge in [-0.3, -0.25) is 19.2 Å². The fourth-order valence-electron chi connectivity index (χ4n) is 1.76. The molecule has 124 valence electrons. The summed E-state index contributed by atoms with van der Waals surface area (Å²) in [7, 11) is 0. The summed E-state index contributed by atoms with van der Waals surface area (Å²) in [5.41, 5.74) is 0.579. The van der Waals surface area contributed by atoms with Gasteiger partial charge in [0.05, 0.1) is 19.0 Å². The van der Waals surface area contributed by atoms with Crippen LogP contribution in [0.25, 0.3) is 0 Å². The van der Waals surface area contributed by atoms with Gasteiger partial charge >= 0.3 is 5.97 Å². The van der Waals surface area contributed by atoms with E-state index in [1.807, 2.05) is 0 Å². The van der Waals surface area contributed by atoms with Gasteiger partial charge in [-0.1, -0.05) is 30.3 Å². The topological polar surface area (TPSA) is 125 Å². The maximum atomic E-state index is 11.6. The number of hydrogen-bond donors (Lipinski definition) is 4. The predicted octanol–water partition coefficient (Wildman–Crippen LogP) is -0.777. The summed E-state index contributed by atoms with van der Waals surface area (Å²) in [5, 5.41) is 16.3. The molecule has 4 N–H and O–H groups in total. The normalized spacial score (nSPS) is 11.2. The van der Waals surface area contributed by atoms with E-state index in [4.69, 9.17) is 0 Å². The molecule has 1 unspecified atom stereocenters. The highest BCUT2D eigenvalue weighted by molar-refractivity contribution is 5.88. The molecular weight excluding hydrogens is 302 g/mol. The number of nitrogens with one attached hydrogen (secondary N) is 3. The molecule has 23 heavy (non-hydrogen) atoms. The molecule has 0 saturated heterocycles. The van der Waals surface area contributed by atoms with Gasteiger partial charge in [-0.05, 0) is 5.56 Å². The molecule has 0 aromatic heterocycles. The molecule has 0 radical (unpaired) electrons. The molecule has 0 spiro atoms. The zero-order chi connectivity index (χ0) is 17.2. The van der Waals surface area contributed by atoms with Crippen LogP contribution in [0.3, 0.4) is 0 Å². The minimum atomic E-state index is -1.05. The van der Waals surface area contributed by atoms with Crippen molar-refractivity contribution in [1.29, 1.82) is 0 Å². The minimum absolute atomic E-state index is 0.0836. The van der Waals surface area contributed by atoms with Crippen LogP contribution >= 0.6 is 0 Å². The largest absolute Gasteiger partial charge is 0.481 e. The van der Waals surface area contributed by atoms with Crippen molar-refractivity contribution in [3.05, 3.63) is 35.9 Å². The third kappa shape index (κ3) is 7.07. The second-order valence-electron chi connectivity index (χ2n) is 4.79. The van der Waals surface area contributed by atoms with Crippen LogP contribution in [0.15, 0.2) is 30.3 Å². The second-order valence-corrected chi connectivity index (χ2v) is 4.79. The van der Waals surface area contributed by atoms with Crippen LogP contribution in [0.4, 0.5) is 0 Å². The zero-order valence-electron chi connectivity index (χ0n) is 12.7. The highest BCUT2D eigenvalue weighted by Gasteiger charge is 2.20. The minimum Gasteiger partial charge on any atom is -0.481 e. The molecule has 0 fully saturated rings. The van der Waals surface area contributed by atoms with Crippen LogP contribution in [-0.2, 0) is 19.2 Å². The Labute approximate surface area is 133 Å². The molecule has 8 nitrogen and oxygen atoms in total. The van der Waals surface area contributed by atoms with Crippen LogP contribution in [0.2, 0.25) is 0 Å². The molecule has 8 heteroatoms. The lowest BCUT2D eigenvalue weighted by Crippen LogP contribution is -2.42. The third-order valence-electron chi connectivity index (χ3n) is 2.95. The van der Waals surface area contributed by atoms with Gasteiger partial charge in [-0.2, -0.15) is 0 Å². The monoisotopic (exact) mass is 321 g/mol. The van der Waals surface area contributed by atoms with Crippen LogP contribution in [0, 0.1) is 0 Å². The van der Waals surface area contributed by atoms with Crippen LogP contribution in [-0.4, -0.2) is 48.4 Å². The number of benzene rings is 1. The highest BCUT2D eigenvalue weighted by Crippen LogP contribution is 2.14. The van der Waals surface area contributed by atoms with Gasteiger partial charge < -0.3 is 21.1 Å². The fraction of sp³-hybridized carbons (Fsp3) is 0.333. The van der Waals surface area contributed by atoms with E-state index in [0.717, 1.165) is 0 Å². The van der Waals surface area contributed by atoms with E-state index in [1.165, 1.54) is 6.92 Å². The average molecular weight is 321 g/mol. The van der Waals surface area contributed by atoms with Crippen molar-refractivity contribution in [2.75, 3.05) is 19.6 Å². The van der Waals surface area contributed by atoms with E-state index < -0.39 is 23.7 Å². The number of carbonyl (C=O) groups is 4. The maximum absolute atomic E-state index is 11.6. The fourth-order valence-corrected chi connectivity index (χ4v) is 1.76. The van der Waals surface area contributed by atoms with Gasteiger partial charge in [0, 0.05) is 13.5 Å². The maximum Gasteiger partial charge on any atom is 0.312 e. The number of carbonyl (C=O) groups excluding carboxylic acids is 3. The van der Waals surface area contributed by atoms with Gasteiger partial charge in [-0.15, -0.1) is 0 Å². The van der Waals surface area contributed by atoms with Gasteiger partial charge in [0.1, 0.15) is 0 Å². The quantitative estimate of drug-likeness (QED) is 0.500. The highest BCUT2D eigenvalue weighted by atomic mass is 16.4. The first-order valence-electron chi connectivity index (χ1n) is 6.95. The molecule has 0 saturated carbocycles. The lowest BCUT2D eigenvalue weighted by atomic mass is 9.99. The molecule has 0 aliphatic rings. The Hall–Kier alpha value is -2.90. The summed E-state index contributed by atoms with van der Waals surface area (Å²) in [6.07, 6.45) is 0. The molecular formula is C15H19N3O5. The summed E-state index contributed by atoms with van der Waals surface area (Å²) >= 11 is 0. The Balaban J connectivity index is 2.40. The first-order chi connectivity index (χ1) is 10.9. The Morgan fingerprint density at radius 1 is 0.957 bits per heavy atom. The number of rotatable bonds is 8. The lowest BCUT2D eigenvalue weighted by molar-refractivity contribution is -0.138. The summed E-state index contributed by atoms with van der Waals surface area (Å²) in [6, 6.07) is 8.54. The molecule has 0 heterocycles. The first kappa shape index (κ1) is 18.1. The van der Waals surface area contributed by atoms with Crippen molar-refractivity contribution in [3.63, 3.8) is 0 Å². The van der Waals surface area contributed by atoms with E-state index in [2.05, 4.69) is 16.0 Å². The Morgan fingerprint density at radius 2 is 1.52 bits per heavy atom. The van der Waals surface area contributed by atoms with E-state index in [9.17, 15) is 24.3 Å². The summed E-state index contributed by atoms with van der Waals surface area (Å²) in [5.74, 6) is -3.28. The Morgan fingerprint density at radius 3 is 2.09 bits per heavy atom. The smallest absolute Gasteiger partial charge is 0.312 e. The second kappa shape index (κ2) is 9.19. The van der Waals surface area contributed by atoms with E-state index in [1.54, 1.807) is 30.3 Å². The Kier molecular flexibility index (Phi) is 7.25. The van der Waals surface area contributed by atoms with E-state index in [0.29, 0.717) is 5.56 Å². The van der Waals surface area contributed by atoms with Gasteiger partial charge in [0.15, 0.2) is 0 Å². The van der Waals surface area contributed by atoms with Crippen LogP contribution in [0.1, 0.15) is 18.4 Å². The van der Waals surface area contributed by atoms with Crippen LogP contribution < -0.4 is 16.0 Å². The molecule has 1 rings (SSSR count).